The third-order valence-electron chi connectivity index (χ3n) is 2.02. The van der Waals surface area contributed by atoms with Crippen LogP contribution in [-0.2, 0) is 0 Å². The van der Waals surface area contributed by atoms with Gasteiger partial charge in [0.05, 0.1) is 17.1 Å². The van der Waals surface area contributed by atoms with Gasteiger partial charge in [-0.25, -0.2) is 9.98 Å². The summed E-state index contributed by atoms with van der Waals surface area (Å²) < 4.78 is 0. The molecule has 5 nitrogen and oxygen atoms in total. The minimum atomic E-state index is 0.0590. The van der Waals surface area contributed by atoms with Gasteiger partial charge in [-0.05, 0) is 12.1 Å². The number of hydrogen-bond acceptors (Lipinski definition) is 2. The van der Waals surface area contributed by atoms with Crippen molar-refractivity contribution in [3.63, 3.8) is 0 Å². The molecule has 2 N–H and O–H groups in total. The minimum Gasteiger partial charge on any atom is -0.278 e. The van der Waals surface area contributed by atoms with Crippen LogP contribution in [0.15, 0.2) is 28.3 Å². The van der Waals surface area contributed by atoms with Crippen molar-refractivity contribution in [2.45, 2.75) is 0 Å². The first-order chi connectivity index (χ1) is 6.34. The molecule has 3 rings (SSSR count). The van der Waals surface area contributed by atoms with Crippen LogP contribution < -0.4 is 10.7 Å². The number of hydrogen-bond donors (Lipinski definition) is 2. The van der Waals surface area contributed by atoms with Gasteiger partial charge in [-0.2, -0.15) is 5.10 Å². The minimum absolute atomic E-state index is 0.0590. The maximum absolute atomic E-state index is 7.30. The van der Waals surface area contributed by atoms with Crippen LogP contribution in [-0.4, -0.2) is 16.2 Å². The van der Waals surface area contributed by atoms with Crippen molar-refractivity contribution < 1.29 is 0 Å². The zero-order chi connectivity index (χ0) is 8.84. The Kier molecular flexibility index (Phi) is 0.999. The van der Waals surface area contributed by atoms with Crippen molar-refractivity contribution in [2.24, 2.45) is 9.98 Å². The highest BCUT2D eigenvalue weighted by atomic mass is 15.1. The number of rotatable bonds is 0. The van der Waals surface area contributed by atoms with Gasteiger partial charge < -0.3 is 0 Å². The second kappa shape index (κ2) is 2.01. The molecule has 0 saturated heterocycles. The third-order valence-corrected chi connectivity index (χ3v) is 2.02. The van der Waals surface area contributed by atoms with Gasteiger partial charge in [-0.3, -0.25) is 10.5 Å². The molecule has 0 fully saturated rings. The maximum Gasteiger partial charge on any atom is 0.243 e. The van der Waals surface area contributed by atoms with Crippen molar-refractivity contribution in [3.05, 3.63) is 29.0 Å². The zero-order valence-electron chi connectivity index (χ0n) is 6.57. The molecular weight excluding hydrogens is 166 g/mol. The molecule has 0 bridgehead atoms. The fraction of sp³-hybridized carbons (Fsp3) is 0. The van der Waals surface area contributed by atoms with E-state index in [1.807, 2.05) is 12.1 Å². The van der Waals surface area contributed by atoms with Crippen LogP contribution in [0.1, 0.15) is 0 Å². The molecule has 5 heteroatoms. The monoisotopic (exact) mass is 171 g/mol. The van der Waals surface area contributed by atoms with E-state index in [4.69, 9.17) is 5.41 Å². The lowest BCUT2D eigenvalue weighted by molar-refractivity contribution is 1.12. The lowest BCUT2D eigenvalue weighted by Gasteiger charge is -1.84. The van der Waals surface area contributed by atoms with Gasteiger partial charge in [-0.15, -0.1) is 0 Å². The van der Waals surface area contributed by atoms with E-state index in [0.717, 1.165) is 21.6 Å². The Morgan fingerprint density at radius 1 is 1.23 bits per heavy atom. The summed E-state index contributed by atoms with van der Waals surface area (Å²) in [6.45, 7) is 0. The summed E-state index contributed by atoms with van der Waals surface area (Å²) in [6.07, 6.45) is 1.70. The van der Waals surface area contributed by atoms with Crippen LogP contribution in [0.25, 0.3) is 10.9 Å². The molecule has 1 aliphatic rings. The Balaban J connectivity index is 2.69. The largest absolute Gasteiger partial charge is 0.278 e. The van der Waals surface area contributed by atoms with Crippen molar-refractivity contribution in [1.29, 1.82) is 5.41 Å². The van der Waals surface area contributed by atoms with E-state index < -0.39 is 0 Å². The Morgan fingerprint density at radius 2 is 2.15 bits per heavy atom. The standard InChI is InChI=1S/C8H5N5/c9-8-11-6-2-1-5-4(3-10-13-5)7(6)12-8/h1-3,9H,(H,10,13). The van der Waals surface area contributed by atoms with E-state index in [-0.39, 0.29) is 5.96 Å². The molecule has 1 aromatic heterocycles. The van der Waals surface area contributed by atoms with E-state index in [1.54, 1.807) is 6.20 Å². The first-order valence-electron chi connectivity index (χ1n) is 3.83. The maximum atomic E-state index is 7.30. The summed E-state index contributed by atoms with van der Waals surface area (Å²) in [4.78, 5) is 7.97. The molecule has 62 valence electrons. The molecular formula is C8H5N5. The number of nitrogens with one attached hydrogen (secondary N) is 2. The Bertz CT molecular complexity index is 622. The van der Waals surface area contributed by atoms with Gasteiger partial charge in [0.1, 0.15) is 5.36 Å². The molecule has 0 atom stereocenters. The first kappa shape index (κ1) is 6.47. The number of guanidine groups is 1. The molecule has 13 heavy (non-hydrogen) atoms. The first-order valence-corrected chi connectivity index (χ1v) is 3.83. The summed E-state index contributed by atoms with van der Waals surface area (Å²) >= 11 is 0. The van der Waals surface area contributed by atoms with E-state index in [0.29, 0.717) is 0 Å². The van der Waals surface area contributed by atoms with Crippen molar-refractivity contribution in [2.75, 3.05) is 0 Å². The fourth-order valence-electron chi connectivity index (χ4n) is 1.44. The molecule has 2 heterocycles. The second-order valence-electron chi connectivity index (χ2n) is 2.81. The SMILES string of the molecule is N=C1N=c2ccc3[nH]ncc3c2=N1. The molecule has 2 aromatic rings. The van der Waals surface area contributed by atoms with Crippen molar-refractivity contribution in [3.8, 4) is 0 Å². The van der Waals surface area contributed by atoms with Crippen molar-refractivity contribution >= 4 is 16.9 Å². The quantitative estimate of drug-likeness (QED) is 0.563. The fourth-order valence-corrected chi connectivity index (χ4v) is 1.44. The van der Waals surface area contributed by atoms with Gasteiger partial charge in [0.15, 0.2) is 0 Å². The summed E-state index contributed by atoms with van der Waals surface area (Å²) in [5.74, 6) is 0.0590. The van der Waals surface area contributed by atoms with Crippen LogP contribution >= 0.6 is 0 Å². The van der Waals surface area contributed by atoms with Gasteiger partial charge >= 0.3 is 0 Å². The van der Waals surface area contributed by atoms with Gasteiger partial charge in [-0.1, -0.05) is 0 Å². The molecule has 0 aliphatic carbocycles. The molecule has 0 spiro atoms. The van der Waals surface area contributed by atoms with Crippen LogP contribution in [0.4, 0.5) is 0 Å². The molecule has 0 amide bonds. The number of benzene rings is 1. The summed E-state index contributed by atoms with van der Waals surface area (Å²) in [5.41, 5.74) is 0.924. The number of H-pyrrole nitrogens is 1. The highest BCUT2D eigenvalue weighted by molar-refractivity contribution is 5.84. The molecule has 1 aromatic carbocycles. The summed E-state index contributed by atoms with van der Waals surface area (Å²) in [7, 11) is 0. The molecule has 1 aliphatic heterocycles. The normalized spacial score (nSPS) is 14.0. The number of nitrogens with zero attached hydrogens (tertiary/aromatic N) is 3. The summed E-state index contributed by atoms with van der Waals surface area (Å²) in [5, 5.41) is 16.5. The smallest absolute Gasteiger partial charge is 0.243 e. The zero-order valence-corrected chi connectivity index (χ0v) is 6.57. The molecule has 0 radical (unpaired) electrons. The predicted molar refractivity (Wildman–Crippen MR) is 46.1 cm³/mol. The van der Waals surface area contributed by atoms with Crippen molar-refractivity contribution in [1.82, 2.24) is 10.2 Å². The number of aromatic nitrogens is 2. The van der Waals surface area contributed by atoms with Gasteiger partial charge in [0.2, 0.25) is 5.96 Å². The predicted octanol–water partition coefficient (Wildman–Crippen LogP) is -0.250. The topological polar surface area (TPSA) is 77.2 Å². The second-order valence-corrected chi connectivity index (χ2v) is 2.81. The highest BCUT2D eigenvalue weighted by Crippen LogP contribution is 2.02. The van der Waals surface area contributed by atoms with E-state index in [9.17, 15) is 0 Å². The molecule has 0 unspecified atom stereocenters. The molecule has 0 saturated carbocycles. The van der Waals surface area contributed by atoms with Gasteiger partial charge in [0, 0.05) is 5.39 Å². The van der Waals surface area contributed by atoms with Gasteiger partial charge in [0.25, 0.3) is 0 Å². The van der Waals surface area contributed by atoms with Crippen LogP contribution in [0, 0.1) is 5.41 Å². The van der Waals surface area contributed by atoms with Crippen LogP contribution in [0.2, 0.25) is 0 Å². The highest BCUT2D eigenvalue weighted by Gasteiger charge is 2.06. The Hall–Kier alpha value is -2.04. The number of fused-ring (bicyclic) bond motifs is 3. The van der Waals surface area contributed by atoms with E-state index >= 15 is 0 Å². The Labute approximate surface area is 72.3 Å². The number of aromatic amines is 1. The van der Waals surface area contributed by atoms with Crippen LogP contribution in [0.3, 0.4) is 0 Å². The average molecular weight is 171 g/mol. The average Bonchev–Trinajstić information content (AvgIpc) is 2.65. The summed E-state index contributed by atoms with van der Waals surface area (Å²) in [6, 6.07) is 3.72. The van der Waals surface area contributed by atoms with E-state index in [2.05, 4.69) is 20.2 Å². The van der Waals surface area contributed by atoms with Crippen LogP contribution in [0.5, 0.6) is 0 Å². The lowest BCUT2D eigenvalue weighted by Crippen LogP contribution is -2.21. The Morgan fingerprint density at radius 3 is 3.08 bits per heavy atom. The third kappa shape index (κ3) is 0.752. The lowest BCUT2D eigenvalue weighted by atomic mass is 10.2. The van der Waals surface area contributed by atoms with E-state index in [1.165, 1.54) is 0 Å².